The number of aromatic nitrogens is 1. The van der Waals surface area contributed by atoms with Gasteiger partial charge in [-0.1, -0.05) is 0 Å². The van der Waals surface area contributed by atoms with Gasteiger partial charge in [0.25, 0.3) is 0 Å². The van der Waals surface area contributed by atoms with Gasteiger partial charge < -0.3 is 10.0 Å². The standard InChI is InChI=1S/C11H18N2O/c1-8(2)13(4)11-5-9(3)12-6-10(11)7-14/h5-6,8,14H,7H2,1-4H3. The van der Waals surface area contributed by atoms with Gasteiger partial charge in [0.15, 0.2) is 0 Å². The molecule has 1 aromatic rings. The monoisotopic (exact) mass is 194 g/mol. The quantitative estimate of drug-likeness (QED) is 0.796. The maximum atomic E-state index is 9.17. The van der Waals surface area contributed by atoms with E-state index < -0.39 is 0 Å². The van der Waals surface area contributed by atoms with Gasteiger partial charge in [-0.05, 0) is 26.8 Å². The SMILES string of the molecule is Cc1cc(N(C)C(C)C)c(CO)cn1. The van der Waals surface area contributed by atoms with Crippen LogP contribution >= 0.6 is 0 Å². The van der Waals surface area contributed by atoms with Crippen LogP contribution in [0.4, 0.5) is 5.69 Å². The molecule has 0 bridgehead atoms. The Bertz CT molecular complexity index is 310. The van der Waals surface area contributed by atoms with Crippen LogP contribution in [0.1, 0.15) is 25.1 Å². The summed E-state index contributed by atoms with van der Waals surface area (Å²) in [6.07, 6.45) is 1.74. The summed E-state index contributed by atoms with van der Waals surface area (Å²) in [7, 11) is 2.03. The highest BCUT2D eigenvalue weighted by atomic mass is 16.3. The fourth-order valence-corrected chi connectivity index (χ4v) is 1.30. The molecule has 0 fully saturated rings. The first-order valence-electron chi connectivity index (χ1n) is 4.85. The molecular formula is C11H18N2O. The third-order valence-corrected chi connectivity index (χ3v) is 2.42. The van der Waals surface area contributed by atoms with E-state index in [-0.39, 0.29) is 6.61 Å². The molecule has 1 rings (SSSR count). The zero-order valence-electron chi connectivity index (χ0n) is 9.28. The molecule has 0 aromatic carbocycles. The Hall–Kier alpha value is -1.09. The number of nitrogens with zero attached hydrogens (tertiary/aromatic N) is 2. The van der Waals surface area contributed by atoms with Gasteiger partial charge in [0.2, 0.25) is 0 Å². The third kappa shape index (κ3) is 2.23. The van der Waals surface area contributed by atoms with E-state index in [9.17, 15) is 5.11 Å². The largest absolute Gasteiger partial charge is 0.392 e. The number of aliphatic hydroxyl groups is 1. The number of aryl methyl sites for hydroxylation is 1. The molecule has 78 valence electrons. The van der Waals surface area contributed by atoms with E-state index in [4.69, 9.17) is 0 Å². The minimum Gasteiger partial charge on any atom is -0.392 e. The average molecular weight is 194 g/mol. The van der Waals surface area contributed by atoms with Crippen LogP contribution in [0.15, 0.2) is 12.3 Å². The summed E-state index contributed by atoms with van der Waals surface area (Å²) in [5, 5.41) is 9.17. The maximum Gasteiger partial charge on any atom is 0.0717 e. The van der Waals surface area contributed by atoms with E-state index >= 15 is 0 Å². The Balaban J connectivity index is 3.10. The lowest BCUT2D eigenvalue weighted by atomic mass is 10.2. The molecule has 0 aliphatic carbocycles. The molecule has 0 aliphatic heterocycles. The fourth-order valence-electron chi connectivity index (χ4n) is 1.30. The van der Waals surface area contributed by atoms with Crippen molar-refractivity contribution in [2.75, 3.05) is 11.9 Å². The van der Waals surface area contributed by atoms with Gasteiger partial charge in [-0.25, -0.2) is 0 Å². The summed E-state index contributed by atoms with van der Waals surface area (Å²) in [5.41, 5.74) is 2.92. The van der Waals surface area contributed by atoms with Crippen molar-refractivity contribution in [2.24, 2.45) is 0 Å². The predicted molar refractivity (Wildman–Crippen MR) is 58.4 cm³/mol. The van der Waals surface area contributed by atoms with Crippen LogP contribution in [-0.2, 0) is 6.61 Å². The second kappa shape index (κ2) is 4.42. The molecule has 1 N–H and O–H groups in total. The van der Waals surface area contributed by atoms with Crippen molar-refractivity contribution >= 4 is 5.69 Å². The molecule has 0 saturated carbocycles. The van der Waals surface area contributed by atoms with Crippen LogP contribution in [-0.4, -0.2) is 23.2 Å². The Kier molecular flexibility index (Phi) is 3.47. The van der Waals surface area contributed by atoms with Crippen LogP contribution in [0.5, 0.6) is 0 Å². The van der Waals surface area contributed by atoms with Crippen LogP contribution in [0, 0.1) is 6.92 Å². The Morgan fingerprint density at radius 2 is 2.14 bits per heavy atom. The zero-order valence-corrected chi connectivity index (χ0v) is 9.28. The highest BCUT2D eigenvalue weighted by Gasteiger charge is 2.10. The van der Waals surface area contributed by atoms with Gasteiger partial charge in [0.05, 0.1) is 6.61 Å². The van der Waals surface area contributed by atoms with Crippen LogP contribution in [0.2, 0.25) is 0 Å². The molecule has 0 saturated heterocycles. The highest BCUT2D eigenvalue weighted by Crippen LogP contribution is 2.21. The van der Waals surface area contributed by atoms with Crippen molar-refractivity contribution in [3.8, 4) is 0 Å². The number of hydrogen-bond donors (Lipinski definition) is 1. The van der Waals surface area contributed by atoms with Gasteiger partial charge in [-0.15, -0.1) is 0 Å². The molecule has 3 heteroatoms. The van der Waals surface area contributed by atoms with Gasteiger partial charge in [-0.3, -0.25) is 4.98 Å². The van der Waals surface area contributed by atoms with Crippen molar-refractivity contribution in [1.82, 2.24) is 4.98 Å². The molecular weight excluding hydrogens is 176 g/mol. The first kappa shape index (κ1) is 11.0. The molecule has 0 atom stereocenters. The van der Waals surface area contributed by atoms with E-state index in [2.05, 4.69) is 23.7 Å². The van der Waals surface area contributed by atoms with Crippen molar-refractivity contribution in [3.05, 3.63) is 23.5 Å². The van der Waals surface area contributed by atoms with Crippen LogP contribution in [0.25, 0.3) is 0 Å². The van der Waals surface area contributed by atoms with Crippen LogP contribution < -0.4 is 4.90 Å². The number of pyridine rings is 1. The lowest BCUT2D eigenvalue weighted by Gasteiger charge is -2.26. The predicted octanol–water partition coefficient (Wildman–Crippen LogP) is 1.73. The maximum absolute atomic E-state index is 9.17. The van der Waals surface area contributed by atoms with E-state index in [0.29, 0.717) is 6.04 Å². The summed E-state index contributed by atoms with van der Waals surface area (Å²) < 4.78 is 0. The normalized spacial score (nSPS) is 10.7. The number of anilines is 1. The van der Waals surface area contributed by atoms with Gasteiger partial charge in [0, 0.05) is 36.2 Å². The lowest BCUT2D eigenvalue weighted by Crippen LogP contribution is -2.26. The molecule has 1 heterocycles. The average Bonchev–Trinajstić information content (AvgIpc) is 2.16. The molecule has 0 amide bonds. The minimum atomic E-state index is 0.0413. The summed E-state index contributed by atoms with van der Waals surface area (Å²) in [6.45, 7) is 6.24. The summed E-state index contributed by atoms with van der Waals surface area (Å²) in [5.74, 6) is 0. The fraction of sp³-hybridized carbons (Fsp3) is 0.545. The Morgan fingerprint density at radius 1 is 1.50 bits per heavy atom. The van der Waals surface area contributed by atoms with E-state index in [1.807, 2.05) is 20.0 Å². The number of rotatable bonds is 3. The van der Waals surface area contributed by atoms with Gasteiger partial charge in [-0.2, -0.15) is 0 Å². The molecule has 0 aliphatic rings. The first-order valence-corrected chi connectivity index (χ1v) is 4.85. The number of aliphatic hydroxyl groups excluding tert-OH is 1. The molecule has 0 radical (unpaired) electrons. The molecule has 0 spiro atoms. The van der Waals surface area contributed by atoms with Gasteiger partial charge >= 0.3 is 0 Å². The third-order valence-electron chi connectivity index (χ3n) is 2.42. The molecule has 3 nitrogen and oxygen atoms in total. The summed E-state index contributed by atoms with van der Waals surface area (Å²) in [6, 6.07) is 2.42. The molecule has 14 heavy (non-hydrogen) atoms. The molecule has 0 unspecified atom stereocenters. The zero-order chi connectivity index (χ0) is 10.7. The first-order chi connectivity index (χ1) is 6.56. The Labute approximate surface area is 85.4 Å². The molecule has 1 aromatic heterocycles. The summed E-state index contributed by atoms with van der Waals surface area (Å²) >= 11 is 0. The van der Waals surface area contributed by atoms with E-state index in [1.165, 1.54) is 0 Å². The van der Waals surface area contributed by atoms with Crippen molar-refractivity contribution in [1.29, 1.82) is 0 Å². The van der Waals surface area contributed by atoms with E-state index in [0.717, 1.165) is 16.9 Å². The van der Waals surface area contributed by atoms with E-state index in [1.54, 1.807) is 6.20 Å². The van der Waals surface area contributed by atoms with Gasteiger partial charge in [0.1, 0.15) is 0 Å². The van der Waals surface area contributed by atoms with Crippen molar-refractivity contribution in [3.63, 3.8) is 0 Å². The van der Waals surface area contributed by atoms with Crippen molar-refractivity contribution < 1.29 is 5.11 Å². The minimum absolute atomic E-state index is 0.0413. The smallest absolute Gasteiger partial charge is 0.0717 e. The van der Waals surface area contributed by atoms with Crippen molar-refractivity contribution in [2.45, 2.75) is 33.4 Å². The second-order valence-electron chi connectivity index (χ2n) is 3.82. The highest BCUT2D eigenvalue weighted by molar-refractivity contribution is 5.53. The number of hydrogen-bond acceptors (Lipinski definition) is 3. The summed E-state index contributed by atoms with van der Waals surface area (Å²) in [4.78, 5) is 6.30. The second-order valence-corrected chi connectivity index (χ2v) is 3.82. The van der Waals surface area contributed by atoms with Crippen LogP contribution in [0.3, 0.4) is 0 Å². The lowest BCUT2D eigenvalue weighted by molar-refractivity contribution is 0.281. The Morgan fingerprint density at radius 3 is 2.64 bits per heavy atom. The topological polar surface area (TPSA) is 36.4 Å².